The molecule has 1 aliphatic rings. The van der Waals surface area contributed by atoms with Crippen LogP contribution in [0.5, 0.6) is 0 Å². The van der Waals surface area contributed by atoms with Gasteiger partial charge < -0.3 is 15.5 Å². The van der Waals surface area contributed by atoms with Gasteiger partial charge in [-0.25, -0.2) is 0 Å². The summed E-state index contributed by atoms with van der Waals surface area (Å²) in [6.07, 6.45) is 2.35. The van der Waals surface area contributed by atoms with Gasteiger partial charge in [-0.2, -0.15) is 0 Å². The van der Waals surface area contributed by atoms with E-state index in [1.165, 1.54) is 24.7 Å². The number of hydrogen-bond acceptors (Lipinski definition) is 4. The van der Waals surface area contributed by atoms with Crippen molar-refractivity contribution in [2.45, 2.75) is 19.8 Å². The van der Waals surface area contributed by atoms with Crippen molar-refractivity contribution >= 4 is 28.8 Å². The summed E-state index contributed by atoms with van der Waals surface area (Å²) in [5, 5.41) is 7.48. The lowest BCUT2D eigenvalue weighted by Crippen LogP contribution is -2.39. The molecule has 1 aromatic heterocycles. The summed E-state index contributed by atoms with van der Waals surface area (Å²) >= 11 is 1.35. The smallest absolute Gasteiger partial charge is 0.263 e. The first-order valence-corrected chi connectivity index (χ1v) is 7.76. The Kier molecular flexibility index (Phi) is 5.14. The first-order valence-electron chi connectivity index (χ1n) is 6.88. The molecule has 5 nitrogen and oxygen atoms in total. The molecule has 0 unspecified atom stereocenters. The highest BCUT2D eigenvalue weighted by atomic mass is 32.1. The Labute approximate surface area is 123 Å². The number of carbonyl (C=O) groups excluding carboxylic acids is 2. The predicted molar refractivity (Wildman–Crippen MR) is 81.2 cm³/mol. The fraction of sp³-hybridized carbons (Fsp3) is 0.571. The summed E-state index contributed by atoms with van der Waals surface area (Å²) in [5.74, 6) is 0.255. The Hall–Kier alpha value is -1.40. The van der Waals surface area contributed by atoms with Crippen molar-refractivity contribution in [3.05, 3.63) is 16.3 Å². The standard InChI is InChI=1S/C14H21N3O2S/c1-10(18)16-12-5-7-20-13(12)14(19)15-8-11-4-3-6-17(2)9-11/h5,7,11H,3-4,6,8-9H2,1-2H3,(H,15,19)(H,16,18)/t11-/m1/s1. The third-order valence-electron chi connectivity index (χ3n) is 3.46. The van der Waals surface area contributed by atoms with Crippen LogP contribution >= 0.6 is 11.3 Å². The van der Waals surface area contributed by atoms with Crippen molar-refractivity contribution in [1.29, 1.82) is 0 Å². The first kappa shape index (κ1) is 15.0. The van der Waals surface area contributed by atoms with E-state index in [1.807, 2.05) is 5.38 Å². The zero-order valence-electron chi connectivity index (χ0n) is 11.9. The maximum absolute atomic E-state index is 12.2. The van der Waals surface area contributed by atoms with Crippen LogP contribution in [0.25, 0.3) is 0 Å². The van der Waals surface area contributed by atoms with E-state index >= 15 is 0 Å². The van der Waals surface area contributed by atoms with Crippen LogP contribution in [0.15, 0.2) is 11.4 Å². The van der Waals surface area contributed by atoms with E-state index in [4.69, 9.17) is 0 Å². The van der Waals surface area contributed by atoms with Gasteiger partial charge >= 0.3 is 0 Å². The highest BCUT2D eigenvalue weighted by Crippen LogP contribution is 2.22. The maximum Gasteiger partial charge on any atom is 0.263 e. The molecule has 0 aliphatic carbocycles. The van der Waals surface area contributed by atoms with Crippen LogP contribution in [0, 0.1) is 5.92 Å². The average molecular weight is 295 g/mol. The molecular formula is C14H21N3O2S. The lowest BCUT2D eigenvalue weighted by molar-refractivity contribution is -0.114. The highest BCUT2D eigenvalue weighted by molar-refractivity contribution is 7.12. The third-order valence-corrected chi connectivity index (χ3v) is 4.37. The largest absolute Gasteiger partial charge is 0.351 e. The minimum absolute atomic E-state index is 0.100. The van der Waals surface area contributed by atoms with Crippen LogP contribution < -0.4 is 10.6 Å². The van der Waals surface area contributed by atoms with E-state index < -0.39 is 0 Å². The number of hydrogen-bond donors (Lipinski definition) is 2. The highest BCUT2D eigenvalue weighted by Gasteiger charge is 2.19. The Morgan fingerprint density at radius 3 is 3.00 bits per heavy atom. The Morgan fingerprint density at radius 2 is 2.30 bits per heavy atom. The van der Waals surface area contributed by atoms with Crippen LogP contribution in [0.1, 0.15) is 29.4 Å². The van der Waals surface area contributed by atoms with E-state index in [9.17, 15) is 9.59 Å². The minimum Gasteiger partial charge on any atom is -0.351 e. The Morgan fingerprint density at radius 1 is 1.50 bits per heavy atom. The fourth-order valence-corrected chi connectivity index (χ4v) is 3.30. The summed E-state index contributed by atoms with van der Waals surface area (Å²) in [5.41, 5.74) is 0.598. The van der Waals surface area contributed by atoms with Crippen molar-refractivity contribution in [3.8, 4) is 0 Å². The van der Waals surface area contributed by atoms with Crippen molar-refractivity contribution in [1.82, 2.24) is 10.2 Å². The van der Waals surface area contributed by atoms with E-state index in [-0.39, 0.29) is 11.8 Å². The van der Waals surface area contributed by atoms with Gasteiger partial charge in [0.25, 0.3) is 5.91 Å². The summed E-state index contributed by atoms with van der Waals surface area (Å²) in [6.45, 7) is 4.31. The first-order chi connectivity index (χ1) is 9.56. The lowest BCUT2D eigenvalue weighted by atomic mass is 9.98. The Bertz CT molecular complexity index is 487. The van der Waals surface area contributed by atoms with Gasteiger partial charge in [-0.1, -0.05) is 0 Å². The lowest BCUT2D eigenvalue weighted by Gasteiger charge is -2.29. The van der Waals surface area contributed by atoms with E-state index in [2.05, 4.69) is 22.6 Å². The normalized spacial score (nSPS) is 19.6. The van der Waals surface area contributed by atoms with Crippen LogP contribution in [0.2, 0.25) is 0 Å². The number of likely N-dealkylation sites (tertiary alicyclic amines) is 1. The quantitative estimate of drug-likeness (QED) is 0.890. The molecular weight excluding hydrogens is 274 g/mol. The van der Waals surface area contributed by atoms with Crippen LogP contribution in [-0.4, -0.2) is 43.4 Å². The van der Waals surface area contributed by atoms with E-state index in [1.54, 1.807) is 6.07 Å². The number of rotatable bonds is 4. The van der Waals surface area contributed by atoms with Gasteiger partial charge in [0, 0.05) is 20.0 Å². The molecule has 2 rings (SSSR count). The molecule has 0 spiro atoms. The molecule has 2 heterocycles. The predicted octanol–water partition coefficient (Wildman–Crippen LogP) is 1.78. The molecule has 6 heteroatoms. The van der Waals surface area contributed by atoms with Crippen molar-refractivity contribution in [2.75, 3.05) is 32.0 Å². The molecule has 0 radical (unpaired) electrons. The molecule has 110 valence electrons. The molecule has 0 saturated carbocycles. The SMILES string of the molecule is CC(=O)Nc1ccsc1C(=O)NC[C@H]1CCCN(C)C1. The van der Waals surface area contributed by atoms with Gasteiger partial charge in [-0.15, -0.1) is 11.3 Å². The number of piperidine rings is 1. The molecule has 1 fully saturated rings. The van der Waals surface area contributed by atoms with Crippen molar-refractivity contribution in [2.24, 2.45) is 5.92 Å². The number of anilines is 1. The second-order valence-electron chi connectivity index (χ2n) is 5.33. The van der Waals surface area contributed by atoms with E-state index in [0.29, 0.717) is 23.0 Å². The van der Waals surface area contributed by atoms with Crippen LogP contribution in [0.3, 0.4) is 0 Å². The molecule has 0 bridgehead atoms. The Balaban J connectivity index is 1.88. The van der Waals surface area contributed by atoms with Gasteiger partial charge in [0.05, 0.1) is 5.69 Å². The van der Waals surface area contributed by atoms with Crippen LogP contribution in [0.4, 0.5) is 5.69 Å². The number of nitrogens with zero attached hydrogens (tertiary/aromatic N) is 1. The summed E-state index contributed by atoms with van der Waals surface area (Å²) in [6, 6.07) is 1.76. The minimum atomic E-state index is -0.161. The molecule has 1 atom stereocenters. The molecule has 2 amide bonds. The topological polar surface area (TPSA) is 61.4 Å². The number of amides is 2. The van der Waals surface area contributed by atoms with Crippen LogP contribution in [-0.2, 0) is 4.79 Å². The molecule has 2 N–H and O–H groups in total. The third kappa shape index (κ3) is 4.05. The number of carbonyl (C=O) groups is 2. The molecule has 0 aromatic carbocycles. The summed E-state index contributed by atoms with van der Waals surface area (Å²) < 4.78 is 0. The summed E-state index contributed by atoms with van der Waals surface area (Å²) in [4.78, 5) is 26.1. The molecule has 20 heavy (non-hydrogen) atoms. The fourth-order valence-electron chi connectivity index (χ4n) is 2.53. The second-order valence-corrected chi connectivity index (χ2v) is 6.24. The maximum atomic E-state index is 12.2. The van der Waals surface area contributed by atoms with Gasteiger partial charge in [-0.05, 0) is 43.8 Å². The van der Waals surface area contributed by atoms with E-state index in [0.717, 1.165) is 19.5 Å². The molecule has 1 aromatic rings. The van der Waals surface area contributed by atoms with Crippen molar-refractivity contribution < 1.29 is 9.59 Å². The zero-order chi connectivity index (χ0) is 14.5. The number of nitrogens with one attached hydrogen (secondary N) is 2. The zero-order valence-corrected chi connectivity index (χ0v) is 12.8. The molecule has 1 saturated heterocycles. The van der Waals surface area contributed by atoms with Crippen molar-refractivity contribution in [3.63, 3.8) is 0 Å². The van der Waals surface area contributed by atoms with Gasteiger partial charge in [0.1, 0.15) is 4.88 Å². The van der Waals surface area contributed by atoms with Gasteiger partial charge in [0.2, 0.25) is 5.91 Å². The average Bonchev–Trinajstić information content (AvgIpc) is 2.83. The summed E-state index contributed by atoms with van der Waals surface area (Å²) in [7, 11) is 2.11. The number of thiophene rings is 1. The monoisotopic (exact) mass is 295 g/mol. The van der Waals surface area contributed by atoms with Gasteiger partial charge in [-0.3, -0.25) is 9.59 Å². The van der Waals surface area contributed by atoms with Gasteiger partial charge in [0.15, 0.2) is 0 Å². The second kappa shape index (κ2) is 6.85. The molecule has 1 aliphatic heterocycles.